The van der Waals surface area contributed by atoms with Crippen LogP contribution in [0.4, 0.5) is 0 Å². The number of benzene rings is 2. The Morgan fingerprint density at radius 1 is 1.04 bits per heavy atom. The smallest absolute Gasteiger partial charge is 0.188 e. The summed E-state index contributed by atoms with van der Waals surface area (Å²) in [6, 6.07) is 17.2. The Kier molecular flexibility index (Phi) is 5.64. The summed E-state index contributed by atoms with van der Waals surface area (Å²) < 4.78 is 13.0. The molecule has 6 heteroatoms. The van der Waals surface area contributed by atoms with E-state index in [1.807, 2.05) is 54.6 Å². The molecule has 3 rings (SSSR count). The second kappa shape index (κ2) is 8.30. The normalized spacial score (nSPS) is 10.6. The predicted octanol–water partition coefficient (Wildman–Crippen LogP) is 2.92. The molecule has 0 radical (unpaired) electrons. The van der Waals surface area contributed by atoms with Crippen molar-refractivity contribution in [2.45, 2.75) is 19.6 Å². The van der Waals surface area contributed by atoms with Gasteiger partial charge in [0.15, 0.2) is 11.6 Å². The van der Waals surface area contributed by atoms with Gasteiger partial charge < -0.3 is 14.6 Å². The van der Waals surface area contributed by atoms with Crippen LogP contribution in [0.15, 0.2) is 54.6 Å². The van der Waals surface area contributed by atoms with E-state index in [9.17, 15) is 0 Å². The summed E-state index contributed by atoms with van der Waals surface area (Å²) in [6.07, 6.45) is 0.602. The maximum atomic E-state index is 9.14. The van der Waals surface area contributed by atoms with Gasteiger partial charge in [-0.05, 0) is 30.7 Å². The fourth-order valence-corrected chi connectivity index (χ4v) is 2.52. The molecule has 1 aromatic heterocycles. The van der Waals surface area contributed by atoms with E-state index in [2.05, 4.69) is 10.1 Å². The highest BCUT2D eigenvalue weighted by Gasteiger charge is 2.15. The number of ether oxygens (including phenoxy) is 2. The number of aromatic nitrogens is 3. The maximum Gasteiger partial charge on any atom is 0.188 e. The van der Waals surface area contributed by atoms with Crippen LogP contribution in [0.2, 0.25) is 0 Å². The lowest BCUT2D eigenvalue weighted by atomic mass is 10.2. The number of aliphatic hydroxyl groups is 1. The van der Waals surface area contributed by atoms with Crippen molar-refractivity contribution in [3.8, 4) is 22.9 Å². The monoisotopic (exact) mass is 339 g/mol. The van der Waals surface area contributed by atoms with E-state index in [0.29, 0.717) is 24.6 Å². The van der Waals surface area contributed by atoms with Gasteiger partial charge in [-0.25, -0.2) is 9.67 Å². The van der Waals surface area contributed by atoms with E-state index in [1.165, 1.54) is 0 Å². The highest BCUT2D eigenvalue weighted by atomic mass is 16.5. The molecule has 0 unspecified atom stereocenters. The molecule has 1 N–H and O–H groups in total. The van der Waals surface area contributed by atoms with Gasteiger partial charge in [-0.2, -0.15) is 5.10 Å². The Morgan fingerprint density at radius 3 is 2.56 bits per heavy atom. The largest absolute Gasteiger partial charge is 0.496 e. The molecule has 0 aliphatic carbocycles. The van der Waals surface area contributed by atoms with Crippen LogP contribution in [0.3, 0.4) is 0 Å². The minimum atomic E-state index is 0.0983. The third-order valence-corrected chi connectivity index (χ3v) is 3.70. The molecule has 2 aromatic carbocycles. The van der Waals surface area contributed by atoms with Gasteiger partial charge in [0, 0.05) is 13.2 Å². The van der Waals surface area contributed by atoms with Gasteiger partial charge in [0.1, 0.15) is 18.1 Å². The first-order valence-corrected chi connectivity index (χ1v) is 8.17. The number of para-hydroxylation sites is 2. The molecular formula is C19H21N3O3. The number of hydrogen-bond acceptors (Lipinski definition) is 5. The van der Waals surface area contributed by atoms with E-state index in [-0.39, 0.29) is 13.2 Å². The van der Waals surface area contributed by atoms with Crippen LogP contribution >= 0.6 is 0 Å². The van der Waals surface area contributed by atoms with E-state index in [4.69, 9.17) is 14.6 Å². The van der Waals surface area contributed by atoms with Crippen LogP contribution in [0.1, 0.15) is 12.2 Å². The molecule has 0 fully saturated rings. The van der Waals surface area contributed by atoms with Gasteiger partial charge in [0.05, 0.1) is 12.7 Å². The van der Waals surface area contributed by atoms with Crippen molar-refractivity contribution < 1.29 is 14.6 Å². The molecule has 130 valence electrons. The van der Waals surface area contributed by atoms with Crippen LogP contribution in [0.25, 0.3) is 11.4 Å². The minimum Gasteiger partial charge on any atom is -0.496 e. The predicted molar refractivity (Wildman–Crippen MR) is 94.5 cm³/mol. The van der Waals surface area contributed by atoms with Crippen molar-refractivity contribution in [2.24, 2.45) is 0 Å². The summed E-state index contributed by atoms with van der Waals surface area (Å²) in [5.41, 5.74) is 0.862. The second-order valence-corrected chi connectivity index (χ2v) is 5.45. The zero-order valence-corrected chi connectivity index (χ0v) is 14.1. The molecule has 0 amide bonds. The summed E-state index contributed by atoms with van der Waals surface area (Å²) in [6.45, 7) is 0.946. The molecule has 1 heterocycles. The summed E-state index contributed by atoms with van der Waals surface area (Å²) in [4.78, 5) is 4.62. The number of methoxy groups -OCH3 is 1. The van der Waals surface area contributed by atoms with Crippen LogP contribution in [0, 0.1) is 0 Å². The summed E-state index contributed by atoms with van der Waals surface area (Å²) in [5.74, 6) is 2.80. The van der Waals surface area contributed by atoms with E-state index in [0.717, 1.165) is 17.1 Å². The van der Waals surface area contributed by atoms with Crippen LogP contribution in [-0.4, -0.2) is 33.6 Å². The summed E-state index contributed by atoms with van der Waals surface area (Å²) in [5, 5.41) is 13.7. The first-order chi connectivity index (χ1) is 12.3. The molecule has 0 bridgehead atoms. The number of rotatable bonds is 8. The molecule has 3 aromatic rings. The standard InChI is InChI=1S/C19H21N3O3/c1-24-17-11-6-5-10-16(17)19-20-18(21-22(19)12-7-13-23)14-25-15-8-3-2-4-9-15/h2-6,8-11,23H,7,12-14H2,1H3. The van der Waals surface area contributed by atoms with Crippen molar-refractivity contribution in [2.75, 3.05) is 13.7 Å². The average Bonchev–Trinajstić information content (AvgIpc) is 3.08. The zero-order valence-electron chi connectivity index (χ0n) is 14.1. The van der Waals surface area contributed by atoms with Gasteiger partial charge in [-0.1, -0.05) is 30.3 Å². The molecule has 0 aliphatic heterocycles. The zero-order chi connectivity index (χ0) is 17.5. The van der Waals surface area contributed by atoms with Gasteiger partial charge in [-0.15, -0.1) is 0 Å². The fraction of sp³-hybridized carbons (Fsp3) is 0.263. The van der Waals surface area contributed by atoms with Gasteiger partial charge in [-0.3, -0.25) is 0 Å². The van der Waals surface area contributed by atoms with Crippen molar-refractivity contribution >= 4 is 0 Å². The Balaban J connectivity index is 1.87. The Labute approximate surface area is 146 Å². The molecular weight excluding hydrogens is 318 g/mol. The van der Waals surface area contributed by atoms with Crippen molar-refractivity contribution in [3.05, 3.63) is 60.4 Å². The van der Waals surface area contributed by atoms with E-state index in [1.54, 1.807) is 11.8 Å². The summed E-state index contributed by atoms with van der Waals surface area (Å²) >= 11 is 0. The molecule has 0 saturated heterocycles. The Bertz CT molecular complexity index is 803. The van der Waals surface area contributed by atoms with Crippen molar-refractivity contribution in [1.29, 1.82) is 0 Å². The third kappa shape index (κ3) is 4.16. The molecule has 0 atom stereocenters. The SMILES string of the molecule is COc1ccccc1-c1nc(COc2ccccc2)nn1CCCO. The van der Waals surface area contributed by atoms with Crippen molar-refractivity contribution in [3.63, 3.8) is 0 Å². The molecule has 25 heavy (non-hydrogen) atoms. The molecule has 6 nitrogen and oxygen atoms in total. The first-order valence-electron chi connectivity index (χ1n) is 8.17. The molecule has 0 aliphatic rings. The first kappa shape index (κ1) is 17.0. The number of nitrogens with zero attached hydrogens (tertiary/aromatic N) is 3. The van der Waals surface area contributed by atoms with Gasteiger partial charge in [0.2, 0.25) is 0 Å². The molecule has 0 saturated carbocycles. The second-order valence-electron chi connectivity index (χ2n) is 5.45. The average molecular weight is 339 g/mol. The lowest BCUT2D eigenvalue weighted by Crippen LogP contribution is -2.06. The molecule has 0 spiro atoms. The fourth-order valence-electron chi connectivity index (χ4n) is 2.52. The third-order valence-electron chi connectivity index (χ3n) is 3.70. The number of aryl methyl sites for hydroxylation is 1. The van der Waals surface area contributed by atoms with E-state index < -0.39 is 0 Å². The lowest BCUT2D eigenvalue weighted by molar-refractivity contribution is 0.275. The van der Waals surface area contributed by atoms with Crippen LogP contribution in [-0.2, 0) is 13.2 Å². The van der Waals surface area contributed by atoms with Gasteiger partial charge in [0.25, 0.3) is 0 Å². The quantitative estimate of drug-likeness (QED) is 0.683. The Morgan fingerprint density at radius 2 is 1.80 bits per heavy atom. The van der Waals surface area contributed by atoms with Crippen LogP contribution in [0.5, 0.6) is 11.5 Å². The topological polar surface area (TPSA) is 69.4 Å². The van der Waals surface area contributed by atoms with Crippen LogP contribution < -0.4 is 9.47 Å². The lowest BCUT2D eigenvalue weighted by Gasteiger charge is -2.08. The van der Waals surface area contributed by atoms with Gasteiger partial charge >= 0.3 is 0 Å². The van der Waals surface area contributed by atoms with Crippen molar-refractivity contribution in [1.82, 2.24) is 14.8 Å². The summed E-state index contributed by atoms with van der Waals surface area (Å²) in [7, 11) is 1.63. The Hall–Kier alpha value is -2.86. The number of aliphatic hydroxyl groups excluding tert-OH is 1. The maximum absolute atomic E-state index is 9.14. The number of hydrogen-bond donors (Lipinski definition) is 1. The minimum absolute atomic E-state index is 0.0983. The highest BCUT2D eigenvalue weighted by molar-refractivity contribution is 5.64. The highest BCUT2D eigenvalue weighted by Crippen LogP contribution is 2.28. The van der Waals surface area contributed by atoms with E-state index >= 15 is 0 Å².